The number of aromatic nitrogens is 4. The third kappa shape index (κ3) is 2.56. The fraction of sp³-hybridized carbons (Fsp3) is 0.333. The number of hydrogen-bond donors (Lipinski definition) is 1. The molecular weight excluding hydrogens is 282 g/mol. The molecule has 0 aliphatic heterocycles. The molecule has 1 N–H and O–H groups in total. The molecule has 0 aromatic carbocycles. The molecule has 0 spiro atoms. The van der Waals surface area contributed by atoms with Gasteiger partial charge in [0.15, 0.2) is 5.16 Å². The van der Waals surface area contributed by atoms with Crippen molar-refractivity contribution >= 4 is 17.4 Å². The van der Waals surface area contributed by atoms with Crippen LogP contribution in [0.25, 0.3) is 5.65 Å². The largest absolute Gasteiger partial charge is 0.329 e. The number of nitrogens with zero attached hydrogens (tertiary/aromatic N) is 4. The summed E-state index contributed by atoms with van der Waals surface area (Å²) in [5.74, 6) is 0. The lowest BCUT2D eigenvalue weighted by atomic mass is 10.4. The quantitative estimate of drug-likeness (QED) is 0.786. The Morgan fingerprint density at radius 3 is 3.00 bits per heavy atom. The van der Waals surface area contributed by atoms with Crippen molar-refractivity contribution in [2.75, 3.05) is 0 Å². The third-order valence-electron chi connectivity index (χ3n) is 3.69. The molecule has 0 unspecified atom stereocenters. The van der Waals surface area contributed by atoms with E-state index in [0.717, 1.165) is 22.4 Å². The molecule has 6 heteroatoms. The molecule has 21 heavy (non-hydrogen) atoms. The van der Waals surface area contributed by atoms with Crippen molar-refractivity contribution in [3.63, 3.8) is 0 Å². The minimum atomic E-state index is 0.685. The van der Waals surface area contributed by atoms with Crippen molar-refractivity contribution in [1.82, 2.24) is 24.3 Å². The number of aryl methyl sites for hydroxylation is 1. The molecule has 108 valence electrons. The fourth-order valence-electron chi connectivity index (χ4n) is 2.33. The molecule has 5 nitrogen and oxygen atoms in total. The number of pyridine rings is 1. The number of nitrogens with one attached hydrogen (secondary N) is 1. The van der Waals surface area contributed by atoms with Gasteiger partial charge in [-0.05, 0) is 36.7 Å². The Hall–Kier alpha value is -1.79. The molecular formula is C15H17N5S. The first-order valence-corrected chi connectivity index (χ1v) is 7.97. The normalized spacial score (nSPS) is 14.9. The zero-order valence-corrected chi connectivity index (χ0v) is 12.7. The second kappa shape index (κ2) is 5.20. The Labute approximate surface area is 127 Å². The van der Waals surface area contributed by atoms with Crippen molar-refractivity contribution in [3.05, 3.63) is 42.5 Å². The van der Waals surface area contributed by atoms with Crippen LogP contribution in [0.1, 0.15) is 18.5 Å². The number of rotatable bonds is 5. The van der Waals surface area contributed by atoms with Gasteiger partial charge in [-0.15, -0.1) is 0 Å². The van der Waals surface area contributed by atoms with Gasteiger partial charge in [-0.25, -0.2) is 9.97 Å². The molecule has 0 bridgehead atoms. The van der Waals surface area contributed by atoms with E-state index in [1.165, 1.54) is 18.5 Å². The maximum absolute atomic E-state index is 4.76. The topological polar surface area (TPSA) is 47.2 Å². The van der Waals surface area contributed by atoms with Crippen molar-refractivity contribution in [1.29, 1.82) is 0 Å². The van der Waals surface area contributed by atoms with Crippen LogP contribution in [0, 0.1) is 0 Å². The van der Waals surface area contributed by atoms with Crippen LogP contribution in [0.4, 0.5) is 0 Å². The molecule has 1 fully saturated rings. The molecule has 1 saturated carbocycles. The van der Waals surface area contributed by atoms with Gasteiger partial charge in [-0.1, -0.05) is 6.07 Å². The Kier molecular flexibility index (Phi) is 3.20. The first-order chi connectivity index (χ1) is 10.3. The Morgan fingerprint density at radius 1 is 1.33 bits per heavy atom. The highest BCUT2D eigenvalue weighted by Gasteiger charge is 2.22. The summed E-state index contributed by atoms with van der Waals surface area (Å²) in [7, 11) is 2.01. The van der Waals surface area contributed by atoms with Crippen LogP contribution in [0.2, 0.25) is 0 Å². The van der Waals surface area contributed by atoms with E-state index in [1.54, 1.807) is 11.8 Å². The van der Waals surface area contributed by atoms with Gasteiger partial charge >= 0.3 is 0 Å². The van der Waals surface area contributed by atoms with Crippen LogP contribution in [-0.2, 0) is 13.6 Å². The monoisotopic (exact) mass is 299 g/mol. The Morgan fingerprint density at radius 2 is 2.24 bits per heavy atom. The predicted molar refractivity (Wildman–Crippen MR) is 82.4 cm³/mol. The standard InChI is InChI=1S/C15H17N5S/c1-19-9-7-16-15(19)21-14-12(10-17-11-5-6-11)20-8-3-2-4-13(20)18-14/h2-4,7-9,11,17H,5-6,10H2,1H3. The summed E-state index contributed by atoms with van der Waals surface area (Å²) < 4.78 is 4.19. The second-order valence-corrected chi connectivity index (χ2v) is 6.33. The van der Waals surface area contributed by atoms with Crippen molar-refractivity contribution in [2.24, 2.45) is 7.05 Å². The average Bonchev–Trinajstić information content (AvgIpc) is 3.14. The van der Waals surface area contributed by atoms with E-state index in [2.05, 4.69) is 20.9 Å². The Bertz CT molecular complexity index is 771. The van der Waals surface area contributed by atoms with E-state index in [1.807, 2.05) is 42.2 Å². The smallest absolute Gasteiger partial charge is 0.174 e. The van der Waals surface area contributed by atoms with E-state index in [0.29, 0.717) is 6.04 Å². The summed E-state index contributed by atoms with van der Waals surface area (Å²) >= 11 is 1.63. The summed E-state index contributed by atoms with van der Waals surface area (Å²) in [6.45, 7) is 0.850. The van der Waals surface area contributed by atoms with Crippen LogP contribution < -0.4 is 5.32 Å². The highest BCUT2D eigenvalue weighted by atomic mass is 32.2. The first kappa shape index (κ1) is 12.9. The highest BCUT2D eigenvalue weighted by Crippen LogP contribution is 2.30. The van der Waals surface area contributed by atoms with E-state index in [-0.39, 0.29) is 0 Å². The molecule has 0 saturated heterocycles. The second-order valence-electron chi connectivity index (χ2n) is 5.37. The van der Waals surface area contributed by atoms with Gasteiger partial charge in [0.05, 0.1) is 5.69 Å². The fourth-order valence-corrected chi connectivity index (χ4v) is 3.25. The summed E-state index contributed by atoms with van der Waals surface area (Å²) in [6, 6.07) is 6.80. The summed E-state index contributed by atoms with van der Waals surface area (Å²) in [4.78, 5) is 9.15. The van der Waals surface area contributed by atoms with Gasteiger partial charge in [0.2, 0.25) is 0 Å². The summed E-state index contributed by atoms with van der Waals surface area (Å²) in [5.41, 5.74) is 2.20. The minimum absolute atomic E-state index is 0.685. The number of imidazole rings is 2. The van der Waals surface area contributed by atoms with E-state index in [4.69, 9.17) is 4.98 Å². The predicted octanol–water partition coefficient (Wildman–Crippen LogP) is 2.47. The van der Waals surface area contributed by atoms with Gasteiger partial charge in [0.1, 0.15) is 10.7 Å². The molecule has 0 radical (unpaired) electrons. The maximum atomic E-state index is 4.76. The number of hydrogen-bond acceptors (Lipinski definition) is 4. The first-order valence-electron chi connectivity index (χ1n) is 7.16. The highest BCUT2D eigenvalue weighted by molar-refractivity contribution is 7.99. The summed E-state index contributed by atoms with van der Waals surface area (Å²) in [5, 5.41) is 5.58. The van der Waals surface area contributed by atoms with Gasteiger partial charge in [0.25, 0.3) is 0 Å². The van der Waals surface area contributed by atoms with Gasteiger partial charge in [-0.2, -0.15) is 0 Å². The summed E-state index contributed by atoms with van der Waals surface area (Å²) in [6.07, 6.45) is 8.44. The van der Waals surface area contributed by atoms with Crippen LogP contribution in [0.15, 0.2) is 47.0 Å². The van der Waals surface area contributed by atoms with E-state index >= 15 is 0 Å². The molecule has 0 atom stereocenters. The SMILES string of the molecule is Cn1ccnc1Sc1nc2ccccn2c1CNC1CC1. The zero-order chi connectivity index (χ0) is 14.2. The van der Waals surface area contributed by atoms with Crippen LogP contribution >= 0.6 is 11.8 Å². The van der Waals surface area contributed by atoms with Gasteiger partial charge < -0.3 is 14.3 Å². The molecule has 3 aromatic rings. The molecule has 1 aliphatic rings. The lowest BCUT2D eigenvalue weighted by Crippen LogP contribution is -2.17. The van der Waals surface area contributed by atoms with E-state index < -0.39 is 0 Å². The molecule has 3 aromatic heterocycles. The zero-order valence-electron chi connectivity index (χ0n) is 11.9. The lowest BCUT2D eigenvalue weighted by molar-refractivity contribution is 0.660. The van der Waals surface area contributed by atoms with Crippen LogP contribution in [0.3, 0.4) is 0 Å². The van der Waals surface area contributed by atoms with Crippen LogP contribution in [-0.4, -0.2) is 25.0 Å². The molecule has 1 aliphatic carbocycles. The minimum Gasteiger partial charge on any atom is -0.329 e. The van der Waals surface area contributed by atoms with Crippen LogP contribution in [0.5, 0.6) is 0 Å². The van der Waals surface area contributed by atoms with Crippen molar-refractivity contribution < 1.29 is 0 Å². The lowest BCUT2D eigenvalue weighted by Gasteiger charge is -2.06. The molecule has 4 rings (SSSR count). The van der Waals surface area contributed by atoms with Gasteiger partial charge in [-0.3, -0.25) is 0 Å². The van der Waals surface area contributed by atoms with Gasteiger partial charge in [0, 0.05) is 38.2 Å². The van der Waals surface area contributed by atoms with Crippen molar-refractivity contribution in [2.45, 2.75) is 35.6 Å². The average molecular weight is 299 g/mol. The Balaban J connectivity index is 1.71. The third-order valence-corrected chi connectivity index (χ3v) is 4.79. The molecule has 3 heterocycles. The molecule has 0 amide bonds. The van der Waals surface area contributed by atoms with E-state index in [9.17, 15) is 0 Å². The maximum Gasteiger partial charge on any atom is 0.174 e. The van der Waals surface area contributed by atoms with Crippen molar-refractivity contribution in [3.8, 4) is 0 Å². The number of fused-ring (bicyclic) bond motifs is 1.